The molecule has 2 aromatic rings. The molecule has 110 valence electrons. The van der Waals surface area contributed by atoms with Crippen LogP contribution in [-0.4, -0.2) is 16.2 Å². The average Bonchev–Trinajstić information content (AvgIpc) is 2.52. The van der Waals surface area contributed by atoms with Crippen molar-refractivity contribution in [1.82, 2.24) is 0 Å². The van der Waals surface area contributed by atoms with Crippen LogP contribution in [0.5, 0.6) is 0 Å². The number of carboxylic acids is 1. The third kappa shape index (κ3) is 4.43. The van der Waals surface area contributed by atoms with E-state index in [1.165, 1.54) is 0 Å². The first-order chi connectivity index (χ1) is 10.2. The van der Waals surface area contributed by atoms with Crippen molar-refractivity contribution in [3.8, 4) is 0 Å². The van der Waals surface area contributed by atoms with Crippen LogP contribution in [0.15, 0.2) is 60.7 Å². The van der Waals surface area contributed by atoms with Gasteiger partial charge in [0.25, 0.3) is 0 Å². The second-order valence-corrected chi connectivity index (χ2v) is 5.16. The molecular formula is C18H20O3. The molecule has 0 radical (unpaired) electrons. The number of carboxylic acid groups (broad SMARTS) is 1. The van der Waals surface area contributed by atoms with Gasteiger partial charge in [0.2, 0.25) is 0 Å². The van der Waals surface area contributed by atoms with Crippen LogP contribution in [0.3, 0.4) is 0 Å². The molecule has 21 heavy (non-hydrogen) atoms. The quantitative estimate of drug-likeness (QED) is 0.814. The van der Waals surface area contributed by atoms with E-state index in [0.717, 1.165) is 11.1 Å². The van der Waals surface area contributed by atoms with E-state index in [2.05, 4.69) is 0 Å². The molecule has 0 spiro atoms. The molecule has 2 unspecified atom stereocenters. The van der Waals surface area contributed by atoms with Gasteiger partial charge in [0.15, 0.2) is 0 Å². The van der Waals surface area contributed by atoms with Crippen LogP contribution in [0.25, 0.3) is 0 Å². The maximum atomic E-state index is 10.7. The highest BCUT2D eigenvalue weighted by atomic mass is 16.4. The maximum absolute atomic E-state index is 10.7. The Morgan fingerprint density at radius 1 is 0.905 bits per heavy atom. The predicted molar refractivity (Wildman–Crippen MR) is 82.1 cm³/mol. The lowest BCUT2D eigenvalue weighted by atomic mass is 9.85. The van der Waals surface area contributed by atoms with Gasteiger partial charge >= 0.3 is 5.97 Å². The van der Waals surface area contributed by atoms with Crippen LogP contribution in [0.2, 0.25) is 0 Å². The fourth-order valence-electron chi connectivity index (χ4n) is 2.56. The molecule has 0 saturated heterocycles. The summed E-state index contributed by atoms with van der Waals surface area (Å²) in [4.78, 5) is 10.7. The van der Waals surface area contributed by atoms with Gasteiger partial charge in [0.1, 0.15) is 0 Å². The van der Waals surface area contributed by atoms with Crippen LogP contribution in [0, 0.1) is 0 Å². The summed E-state index contributed by atoms with van der Waals surface area (Å²) in [7, 11) is 0. The number of rotatable bonds is 7. The molecular weight excluding hydrogens is 264 g/mol. The highest BCUT2D eigenvalue weighted by molar-refractivity contribution is 5.66. The fourth-order valence-corrected chi connectivity index (χ4v) is 2.56. The zero-order valence-corrected chi connectivity index (χ0v) is 11.9. The van der Waals surface area contributed by atoms with Gasteiger partial charge in [-0.1, -0.05) is 60.7 Å². The Labute approximate surface area is 124 Å². The Morgan fingerprint density at radius 3 is 1.95 bits per heavy atom. The Kier molecular flexibility index (Phi) is 5.52. The van der Waals surface area contributed by atoms with Crippen LogP contribution < -0.4 is 0 Å². The van der Waals surface area contributed by atoms with Gasteiger partial charge in [-0.2, -0.15) is 0 Å². The minimum Gasteiger partial charge on any atom is -0.481 e. The van der Waals surface area contributed by atoms with Crippen LogP contribution in [0.4, 0.5) is 0 Å². The Bertz CT molecular complexity index is 551. The van der Waals surface area contributed by atoms with E-state index < -0.39 is 12.1 Å². The van der Waals surface area contributed by atoms with E-state index in [1.807, 2.05) is 60.7 Å². The fraction of sp³-hybridized carbons (Fsp3) is 0.278. The number of aliphatic hydroxyl groups is 1. The minimum atomic E-state index is -0.795. The number of aliphatic hydroxyl groups excluding tert-OH is 1. The zero-order chi connectivity index (χ0) is 15.1. The molecule has 2 N–H and O–H groups in total. The van der Waals surface area contributed by atoms with Gasteiger partial charge < -0.3 is 10.2 Å². The molecule has 0 heterocycles. The van der Waals surface area contributed by atoms with Crippen molar-refractivity contribution >= 4 is 5.97 Å². The first kappa shape index (κ1) is 15.3. The highest BCUT2D eigenvalue weighted by Crippen LogP contribution is 2.34. The standard InChI is InChI=1S/C18H20O3/c19-17(20)13-7-12-16(14-8-3-1-4-9-14)18(21)15-10-5-2-6-11-15/h1-6,8-11,16,18,21H,7,12-13H2,(H,19,20). The van der Waals surface area contributed by atoms with Gasteiger partial charge in [-0.3, -0.25) is 4.79 Å². The van der Waals surface area contributed by atoms with E-state index >= 15 is 0 Å². The number of aliphatic carboxylic acids is 1. The summed E-state index contributed by atoms with van der Waals surface area (Å²) in [6, 6.07) is 19.3. The van der Waals surface area contributed by atoms with E-state index in [9.17, 15) is 9.90 Å². The Morgan fingerprint density at radius 2 is 1.43 bits per heavy atom. The summed E-state index contributed by atoms with van der Waals surface area (Å²) in [5, 5.41) is 19.4. The first-order valence-electron chi connectivity index (χ1n) is 7.18. The topological polar surface area (TPSA) is 57.5 Å². The van der Waals surface area contributed by atoms with Crippen molar-refractivity contribution in [2.24, 2.45) is 0 Å². The van der Waals surface area contributed by atoms with E-state index in [1.54, 1.807) is 0 Å². The second-order valence-electron chi connectivity index (χ2n) is 5.16. The second kappa shape index (κ2) is 7.60. The summed E-state index contributed by atoms with van der Waals surface area (Å²) in [5.41, 5.74) is 1.90. The minimum absolute atomic E-state index is 0.0899. The zero-order valence-electron chi connectivity index (χ0n) is 11.9. The van der Waals surface area contributed by atoms with Crippen LogP contribution >= 0.6 is 0 Å². The SMILES string of the molecule is O=C(O)CCCC(c1ccccc1)C(O)c1ccccc1. The largest absolute Gasteiger partial charge is 0.481 e. The molecule has 0 aliphatic rings. The van der Waals surface area contributed by atoms with Gasteiger partial charge in [0.05, 0.1) is 6.10 Å². The molecule has 2 aromatic carbocycles. The molecule has 0 fully saturated rings. The third-order valence-electron chi connectivity index (χ3n) is 3.66. The number of benzene rings is 2. The third-order valence-corrected chi connectivity index (χ3v) is 3.66. The molecule has 3 nitrogen and oxygen atoms in total. The molecule has 0 aliphatic heterocycles. The summed E-state index contributed by atoms with van der Waals surface area (Å²) in [6.45, 7) is 0. The monoisotopic (exact) mass is 284 g/mol. The Hall–Kier alpha value is -2.13. The van der Waals surface area contributed by atoms with Crippen molar-refractivity contribution < 1.29 is 15.0 Å². The molecule has 2 rings (SSSR count). The molecule has 3 heteroatoms. The highest BCUT2D eigenvalue weighted by Gasteiger charge is 2.22. The molecule has 0 bridgehead atoms. The van der Waals surface area contributed by atoms with Gasteiger partial charge in [0, 0.05) is 12.3 Å². The lowest BCUT2D eigenvalue weighted by molar-refractivity contribution is -0.137. The van der Waals surface area contributed by atoms with Crippen molar-refractivity contribution in [2.45, 2.75) is 31.3 Å². The van der Waals surface area contributed by atoms with Crippen molar-refractivity contribution in [1.29, 1.82) is 0 Å². The lowest BCUT2D eigenvalue weighted by Gasteiger charge is -2.23. The van der Waals surface area contributed by atoms with Gasteiger partial charge in [-0.15, -0.1) is 0 Å². The van der Waals surface area contributed by atoms with Gasteiger partial charge in [-0.25, -0.2) is 0 Å². The molecule has 2 atom stereocenters. The summed E-state index contributed by atoms with van der Waals surface area (Å²) >= 11 is 0. The van der Waals surface area contributed by atoms with Crippen molar-refractivity contribution in [3.05, 3.63) is 71.8 Å². The van der Waals surface area contributed by atoms with E-state index in [4.69, 9.17) is 5.11 Å². The average molecular weight is 284 g/mol. The Balaban J connectivity index is 2.17. The number of carbonyl (C=O) groups is 1. The van der Waals surface area contributed by atoms with Crippen LogP contribution in [0.1, 0.15) is 42.4 Å². The molecule has 0 aromatic heterocycles. The van der Waals surface area contributed by atoms with Crippen molar-refractivity contribution in [2.75, 3.05) is 0 Å². The summed E-state index contributed by atoms with van der Waals surface area (Å²) < 4.78 is 0. The number of hydrogen-bond donors (Lipinski definition) is 2. The predicted octanol–water partition coefficient (Wildman–Crippen LogP) is 3.76. The van der Waals surface area contributed by atoms with E-state index in [0.29, 0.717) is 12.8 Å². The number of hydrogen-bond acceptors (Lipinski definition) is 2. The van der Waals surface area contributed by atoms with Gasteiger partial charge in [-0.05, 0) is 24.0 Å². The van der Waals surface area contributed by atoms with Crippen LogP contribution in [-0.2, 0) is 4.79 Å². The summed E-state index contributed by atoms with van der Waals surface area (Å²) in [6.07, 6.45) is 0.707. The maximum Gasteiger partial charge on any atom is 0.303 e. The molecule has 0 aliphatic carbocycles. The normalized spacial score (nSPS) is 13.6. The van der Waals surface area contributed by atoms with Crippen molar-refractivity contribution in [3.63, 3.8) is 0 Å². The summed E-state index contributed by atoms with van der Waals surface area (Å²) in [5.74, 6) is -0.885. The molecule has 0 amide bonds. The first-order valence-corrected chi connectivity index (χ1v) is 7.18. The molecule has 0 saturated carbocycles. The van der Waals surface area contributed by atoms with E-state index in [-0.39, 0.29) is 12.3 Å². The lowest BCUT2D eigenvalue weighted by Crippen LogP contribution is -2.12. The smallest absolute Gasteiger partial charge is 0.303 e.